The molecule has 1 aliphatic heterocycles. The van der Waals surface area contributed by atoms with Gasteiger partial charge in [0, 0.05) is 19.1 Å². The number of nitrogens with zero attached hydrogens (tertiary/aromatic N) is 4. The van der Waals surface area contributed by atoms with E-state index in [1.165, 1.54) is 27.3 Å². The number of aromatic nitrogens is 3. The third kappa shape index (κ3) is 4.23. The van der Waals surface area contributed by atoms with Gasteiger partial charge in [-0.2, -0.15) is 13.2 Å². The molecule has 4 rings (SSSR count). The molecule has 29 heavy (non-hydrogen) atoms. The van der Waals surface area contributed by atoms with Crippen LogP contribution in [0.15, 0.2) is 30.5 Å². The van der Waals surface area contributed by atoms with Crippen molar-refractivity contribution in [1.29, 1.82) is 0 Å². The highest BCUT2D eigenvalue weighted by Gasteiger charge is 2.33. The highest BCUT2D eigenvalue weighted by molar-refractivity contribution is 7.88. The number of nitrogens with one attached hydrogen (secondary N) is 1. The average molecular weight is 445 g/mol. The maximum atomic E-state index is 12.9. The second-order valence-electron chi connectivity index (χ2n) is 6.87. The molecule has 3 aromatic heterocycles. The Bertz CT molecular complexity index is 1130. The zero-order valence-corrected chi connectivity index (χ0v) is 17.0. The predicted molar refractivity (Wildman–Crippen MR) is 104 cm³/mol. The molecule has 156 valence electrons. The van der Waals surface area contributed by atoms with Crippen molar-refractivity contribution in [3.8, 4) is 10.6 Å². The summed E-state index contributed by atoms with van der Waals surface area (Å²) >= 11 is 0.648. The van der Waals surface area contributed by atoms with E-state index in [0.717, 1.165) is 6.07 Å². The van der Waals surface area contributed by atoms with E-state index >= 15 is 0 Å². The van der Waals surface area contributed by atoms with Gasteiger partial charge in [-0.15, -0.1) is 16.4 Å². The summed E-state index contributed by atoms with van der Waals surface area (Å²) in [5.74, 6) is 0.558. The van der Waals surface area contributed by atoms with Crippen molar-refractivity contribution in [1.82, 2.24) is 18.9 Å². The Morgan fingerprint density at radius 3 is 2.52 bits per heavy atom. The summed E-state index contributed by atoms with van der Waals surface area (Å²) in [5, 5.41) is 7.77. The Hall–Kier alpha value is -2.18. The molecule has 1 aliphatic rings. The van der Waals surface area contributed by atoms with Gasteiger partial charge in [0.1, 0.15) is 16.4 Å². The van der Waals surface area contributed by atoms with Crippen LogP contribution in [0.5, 0.6) is 0 Å². The third-order valence-corrected chi connectivity index (χ3v) is 7.23. The Balaban J connectivity index is 1.54. The molecule has 0 amide bonds. The molecule has 0 bridgehead atoms. The van der Waals surface area contributed by atoms with Crippen LogP contribution in [0.25, 0.3) is 16.2 Å². The van der Waals surface area contributed by atoms with Crippen molar-refractivity contribution in [2.45, 2.75) is 25.1 Å². The summed E-state index contributed by atoms with van der Waals surface area (Å²) in [6.07, 6.45) is -0.397. The molecule has 0 aromatic carbocycles. The van der Waals surface area contributed by atoms with E-state index in [2.05, 4.69) is 15.4 Å². The molecule has 12 heteroatoms. The van der Waals surface area contributed by atoms with Crippen LogP contribution in [-0.4, -0.2) is 52.7 Å². The predicted octanol–water partition coefficient (Wildman–Crippen LogP) is 3.31. The lowest BCUT2D eigenvalue weighted by Gasteiger charge is -2.30. The highest BCUT2D eigenvalue weighted by Crippen LogP contribution is 2.38. The Morgan fingerprint density at radius 1 is 1.17 bits per heavy atom. The summed E-state index contributed by atoms with van der Waals surface area (Å²) < 4.78 is 64.9. The van der Waals surface area contributed by atoms with Crippen molar-refractivity contribution >= 4 is 32.8 Å². The molecule has 3 aromatic rings. The fourth-order valence-corrected chi connectivity index (χ4v) is 5.03. The molecule has 0 radical (unpaired) electrons. The Morgan fingerprint density at radius 2 is 1.90 bits per heavy atom. The molecule has 4 heterocycles. The first-order valence-electron chi connectivity index (χ1n) is 8.85. The summed E-state index contributed by atoms with van der Waals surface area (Å²) in [4.78, 5) is 3.97. The van der Waals surface area contributed by atoms with E-state index in [1.807, 2.05) is 0 Å². The molecular formula is C17H18F3N5O2S2. The van der Waals surface area contributed by atoms with Gasteiger partial charge in [-0.25, -0.2) is 22.2 Å². The number of imidazole rings is 1. The molecule has 1 saturated heterocycles. The van der Waals surface area contributed by atoms with Crippen LogP contribution in [0.4, 0.5) is 19.0 Å². The minimum absolute atomic E-state index is 0.0588. The smallest absolute Gasteiger partial charge is 0.366 e. The summed E-state index contributed by atoms with van der Waals surface area (Å²) in [7, 11) is -3.19. The number of fused-ring (bicyclic) bond motifs is 1. The standard InChI is InChI=1S/C17H18F3N5O2S2/c1-29(26,27)24-8-6-11(7-9-24)22-15-4-5-16-21-10-12(25(16)23-15)13-2-3-14(28-13)17(18,19)20/h2-5,10-11H,6-9H2,1H3,(H,22,23). The fourth-order valence-electron chi connectivity index (χ4n) is 3.29. The lowest BCUT2D eigenvalue weighted by molar-refractivity contribution is -0.134. The normalized spacial score (nSPS) is 17.1. The third-order valence-electron chi connectivity index (χ3n) is 4.78. The number of anilines is 1. The number of halogens is 3. The summed E-state index contributed by atoms with van der Waals surface area (Å²) in [6, 6.07) is 6.02. The van der Waals surface area contributed by atoms with Crippen molar-refractivity contribution in [2.24, 2.45) is 0 Å². The number of sulfonamides is 1. The molecule has 0 aliphatic carbocycles. The Labute approximate surface area is 169 Å². The Kier molecular flexibility index (Phi) is 5.03. The minimum atomic E-state index is -4.38. The second kappa shape index (κ2) is 7.26. The second-order valence-corrected chi connectivity index (χ2v) is 9.94. The number of piperidine rings is 1. The first kappa shape index (κ1) is 20.1. The lowest BCUT2D eigenvalue weighted by atomic mass is 10.1. The van der Waals surface area contributed by atoms with Crippen LogP contribution in [0.3, 0.4) is 0 Å². The zero-order chi connectivity index (χ0) is 20.8. The van der Waals surface area contributed by atoms with Crippen LogP contribution >= 0.6 is 11.3 Å². The molecular weight excluding hydrogens is 427 g/mol. The van der Waals surface area contributed by atoms with Crippen LogP contribution in [-0.2, 0) is 16.2 Å². The van der Waals surface area contributed by atoms with Gasteiger partial charge in [0.15, 0.2) is 5.65 Å². The molecule has 0 atom stereocenters. The van der Waals surface area contributed by atoms with Crippen molar-refractivity contribution in [3.05, 3.63) is 35.3 Å². The van der Waals surface area contributed by atoms with Crippen LogP contribution in [0, 0.1) is 0 Å². The van der Waals surface area contributed by atoms with Gasteiger partial charge in [-0.05, 0) is 37.1 Å². The number of alkyl halides is 3. The molecule has 7 nitrogen and oxygen atoms in total. The van der Waals surface area contributed by atoms with E-state index < -0.39 is 21.1 Å². The van der Waals surface area contributed by atoms with Crippen molar-refractivity contribution < 1.29 is 21.6 Å². The SMILES string of the molecule is CS(=O)(=O)N1CCC(Nc2ccc3ncc(-c4ccc(C(F)(F)F)s4)n3n2)CC1. The van der Waals surface area contributed by atoms with E-state index in [9.17, 15) is 21.6 Å². The topological polar surface area (TPSA) is 79.6 Å². The maximum Gasteiger partial charge on any atom is 0.425 e. The van der Waals surface area contributed by atoms with E-state index in [0.29, 0.717) is 59.3 Å². The first-order chi connectivity index (χ1) is 13.6. The quantitative estimate of drug-likeness (QED) is 0.667. The van der Waals surface area contributed by atoms with Gasteiger partial charge in [0.05, 0.1) is 17.3 Å². The number of hydrogen-bond acceptors (Lipinski definition) is 6. The van der Waals surface area contributed by atoms with Crippen LogP contribution in [0.1, 0.15) is 17.7 Å². The van der Waals surface area contributed by atoms with Crippen molar-refractivity contribution in [2.75, 3.05) is 24.7 Å². The molecule has 0 saturated carbocycles. The van der Waals surface area contributed by atoms with Gasteiger partial charge in [0.2, 0.25) is 10.0 Å². The van der Waals surface area contributed by atoms with E-state index in [-0.39, 0.29) is 6.04 Å². The van der Waals surface area contributed by atoms with Gasteiger partial charge < -0.3 is 5.32 Å². The number of rotatable bonds is 4. The number of thiophene rings is 1. The van der Waals surface area contributed by atoms with Crippen LogP contribution < -0.4 is 5.32 Å². The average Bonchev–Trinajstić information content (AvgIpc) is 3.27. The molecule has 0 spiro atoms. The minimum Gasteiger partial charge on any atom is -0.366 e. The van der Waals surface area contributed by atoms with Crippen molar-refractivity contribution in [3.63, 3.8) is 0 Å². The van der Waals surface area contributed by atoms with Crippen LogP contribution in [0.2, 0.25) is 0 Å². The monoisotopic (exact) mass is 445 g/mol. The largest absolute Gasteiger partial charge is 0.425 e. The number of hydrogen-bond donors (Lipinski definition) is 1. The zero-order valence-electron chi connectivity index (χ0n) is 15.3. The van der Waals surface area contributed by atoms with E-state index in [4.69, 9.17) is 0 Å². The molecule has 1 N–H and O–H groups in total. The van der Waals surface area contributed by atoms with Gasteiger partial charge in [-0.3, -0.25) is 0 Å². The van der Waals surface area contributed by atoms with Gasteiger partial charge in [0.25, 0.3) is 0 Å². The molecule has 0 unspecified atom stereocenters. The van der Waals surface area contributed by atoms with Gasteiger partial charge in [-0.1, -0.05) is 0 Å². The first-order valence-corrected chi connectivity index (χ1v) is 11.5. The summed E-state index contributed by atoms with van der Waals surface area (Å²) in [5.41, 5.74) is 1.01. The highest BCUT2D eigenvalue weighted by atomic mass is 32.2. The van der Waals surface area contributed by atoms with Gasteiger partial charge >= 0.3 is 6.18 Å². The summed E-state index contributed by atoms with van der Waals surface area (Å²) in [6.45, 7) is 0.870. The molecule has 1 fully saturated rings. The van der Waals surface area contributed by atoms with E-state index in [1.54, 1.807) is 12.1 Å². The maximum absolute atomic E-state index is 12.9. The fraction of sp³-hybridized carbons (Fsp3) is 0.412. The lowest BCUT2D eigenvalue weighted by Crippen LogP contribution is -2.41.